The molecule has 24 heavy (non-hydrogen) atoms. The summed E-state index contributed by atoms with van der Waals surface area (Å²) in [7, 11) is -3.68. The molecule has 1 atom stereocenters. The zero-order chi connectivity index (χ0) is 17.2. The molecule has 7 nitrogen and oxygen atoms in total. The summed E-state index contributed by atoms with van der Waals surface area (Å²) in [6.45, 7) is 2.05. The Morgan fingerprint density at radius 3 is 2.58 bits per heavy atom. The highest BCUT2D eigenvalue weighted by molar-refractivity contribution is 7.91. The van der Waals surface area contributed by atoms with Crippen molar-refractivity contribution in [3.05, 3.63) is 30.3 Å². The smallest absolute Gasteiger partial charge is 0.272 e. The van der Waals surface area contributed by atoms with Gasteiger partial charge in [0.05, 0.1) is 17.5 Å². The average molecular weight is 350 g/mol. The molecule has 0 unspecified atom stereocenters. The van der Waals surface area contributed by atoms with E-state index in [0.29, 0.717) is 5.69 Å². The quantitative estimate of drug-likeness (QED) is 0.817. The van der Waals surface area contributed by atoms with Crippen LogP contribution in [0.2, 0.25) is 0 Å². The van der Waals surface area contributed by atoms with Gasteiger partial charge in [0.1, 0.15) is 0 Å². The molecular weight excluding hydrogens is 328 g/mol. The number of nitrogens with zero attached hydrogens (tertiary/aromatic N) is 4. The second-order valence-electron chi connectivity index (χ2n) is 6.40. The lowest BCUT2D eigenvalue weighted by molar-refractivity contribution is -0.0388. The molecule has 1 aliphatic carbocycles. The summed E-state index contributed by atoms with van der Waals surface area (Å²) in [4.78, 5) is 0. The third-order valence-electron chi connectivity index (χ3n) is 5.14. The Bertz CT molecular complexity index is 779. The van der Waals surface area contributed by atoms with E-state index in [9.17, 15) is 13.5 Å². The first-order valence-electron chi connectivity index (χ1n) is 8.23. The van der Waals surface area contributed by atoms with Crippen molar-refractivity contribution >= 4 is 9.84 Å². The van der Waals surface area contributed by atoms with Gasteiger partial charge in [-0.3, -0.25) is 0 Å². The van der Waals surface area contributed by atoms with Crippen molar-refractivity contribution < 1.29 is 13.5 Å². The number of benzene rings is 1. The van der Waals surface area contributed by atoms with Crippen LogP contribution in [-0.4, -0.2) is 45.6 Å². The maximum Gasteiger partial charge on any atom is 0.272 e. The Labute approximate surface area is 141 Å². The molecular formula is C16H22N4O3S. The lowest BCUT2D eigenvalue weighted by Crippen LogP contribution is -2.41. The van der Waals surface area contributed by atoms with E-state index >= 15 is 0 Å². The molecule has 2 aromatic rings. The van der Waals surface area contributed by atoms with E-state index in [0.717, 1.165) is 25.7 Å². The number of tetrazole rings is 1. The predicted octanol–water partition coefficient (Wildman–Crippen LogP) is 1.77. The summed E-state index contributed by atoms with van der Waals surface area (Å²) in [6, 6.07) is 8.90. The number of sulfone groups is 1. The highest BCUT2D eigenvalue weighted by Crippen LogP contribution is 2.47. The van der Waals surface area contributed by atoms with Crippen molar-refractivity contribution in [3.8, 4) is 5.69 Å². The average Bonchev–Trinajstić information content (AvgIpc) is 3.04. The SMILES string of the molecule is CCC1([C@@H](O)CCS(=O)(=O)c2nnnn2-c2ccccc2)CCC1. The number of aliphatic hydroxyl groups excluding tert-OH is 1. The largest absolute Gasteiger partial charge is 0.393 e. The Morgan fingerprint density at radius 2 is 2.00 bits per heavy atom. The van der Waals surface area contributed by atoms with E-state index in [1.807, 2.05) is 13.0 Å². The fraction of sp³-hybridized carbons (Fsp3) is 0.562. The summed E-state index contributed by atoms with van der Waals surface area (Å²) in [6.07, 6.45) is 3.50. The lowest BCUT2D eigenvalue weighted by atomic mass is 9.63. The van der Waals surface area contributed by atoms with Gasteiger partial charge in [0, 0.05) is 0 Å². The standard InChI is InChI=1S/C16H22N4O3S/c1-2-16(10-6-11-16)14(21)9-12-24(22,23)15-17-18-19-20(15)13-7-4-3-5-8-13/h3-5,7-8,14,21H,2,6,9-12H2,1H3/t14-/m0/s1. The second kappa shape index (κ2) is 6.60. The van der Waals surface area contributed by atoms with Gasteiger partial charge in [0.2, 0.25) is 9.84 Å². The highest BCUT2D eigenvalue weighted by atomic mass is 32.2. The fourth-order valence-electron chi connectivity index (χ4n) is 3.32. The molecule has 1 heterocycles. The first kappa shape index (κ1) is 17.0. The number of hydrogen-bond donors (Lipinski definition) is 1. The summed E-state index contributed by atoms with van der Waals surface area (Å²) in [5.41, 5.74) is 0.478. The summed E-state index contributed by atoms with van der Waals surface area (Å²) in [5.74, 6) is -0.164. The monoisotopic (exact) mass is 350 g/mol. The molecule has 1 aromatic heterocycles. The minimum absolute atomic E-state index is 0.110. The summed E-state index contributed by atoms with van der Waals surface area (Å²) >= 11 is 0. The Hall–Kier alpha value is -1.80. The number of hydrogen-bond acceptors (Lipinski definition) is 6. The molecule has 0 spiro atoms. The minimum Gasteiger partial charge on any atom is -0.393 e. The van der Waals surface area contributed by atoms with Gasteiger partial charge >= 0.3 is 0 Å². The van der Waals surface area contributed by atoms with Gasteiger partial charge in [0.25, 0.3) is 5.16 Å². The molecule has 1 fully saturated rings. The van der Waals surface area contributed by atoms with Crippen molar-refractivity contribution in [2.24, 2.45) is 5.41 Å². The van der Waals surface area contributed by atoms with Crippen molar-refractivity contribution in [2.75, 3.05) is 5.75 Å². The first-order chi connectivity index (χ1) is 11.5. The zero-order valence-corrected chi connectivity index (χ0v) is 14.5. The normalized spacial score (nSPS) is 18.1. The lowest BCUT2D eigenvalue weighted by Gasteiger charge is -2.45. The number of para-hydroxylation sites is 1. The van der Waals surface area contributed by atoms with Crippen molar-refractivity contribution in [2.45, 2.75) is 50.3 Å². The van der Waals surface area contributed by atoms with E-state index in [2.05, 4.69) is 15.5 Å². The van der Waals surface area contributed by atoms with Gasteiger partial charge < -0.3 is 5.11 Å². The Balaban J connectivity index is 1.76. The molecule has 1 N–H and O–H groups in total. The van der Waals surface area contributed by atoms with Crippen LogP contribution < -0.4 is 0 Å². The third-order valence-corrected chi connectivity index (χ3v) is 6.72. The maximum atomic E-state index is 12.6. The third kappa shape index (κ3) is 3.08. The molecule has 8 heteroatoms. The molecule has 1 aromatic carbocycles. The van der Waals surface area contributed by atoms with Crippen molar-refractivity contribution in [3.63, 3.8) is 0 Å². The maximum absolute atomic E-state index is 12.6. The van der Waals surface area contributed by atoms with Gasteiger partial charge in [-0.1, -0.05) is 36.6 Å². The number of rotatable bonds is 7. The van der Waals surface area contributed by atoms with Gasteiger partial charge in [-0.2, -0.15) is 4.68 Å². The van der Waals surface area contributed by atoms with E-state index in [1.165, 1.54) is 4.68 Å². The number of aliphatic hydroxyl groups is 1. The minimum atomic E-state index is -3.68. The van der Waals surface area contributed by atoms with Gasteiger partial charge in [-0.25, -0.2) is 8.42 Å². The Kier molecular flexibility index (Phi) is 4.69. The first-order valence-corrected chi connectivity index (χ1v) is 9.88. The second-order valence-corrected chi connectivity index (χ2v) is 8.40. The van der Waals surface area contributed by atoms with E-state index in [1.54, 1.807) is 24.3 Å². The van der Waals surface area contributed by atoms with Gasteiger partial charge in [-0.05, 0) is 53.7 Å². The zero-order valence-electron chi connectivity index (χ0n) is 13.7. The van der Waals surface area contributed by atoms with Crippen LogP contribution in [0.1, 0.15) is 39.0 Å². The molecule has 0 radical (unpaired) electrons. The van der Waals surface area contributed by atoms with Crippen molar-refractivity contribution in [1.29, 1.82) is 0 Å². The van der Waals surface area contributed by atoms with Crippen LogP contribution in [0.3, 0.4) is 0 Å². The molecule has 0 bridgehead atoms. The van der Waals surface area contributed by atoms with Crippen LogP contribution in [0.5, 0.6) is 0 Å². The predicted molar refractivity (Wildman–Crippen MR) is 88.4 cm³/mol. The molecule has 1 aliphatic rings. The highest BCUT2D eigenvalue weighted by Gasteiger charge is 2.42. The summed E-state index contributed by atoms with van der Waals surface area (Å²) in [5, 5.41) is 21.2. The molecule has 0 saturated heterocycles. The van der Waals surface area contributed by atoms with Crippen LogP contribution in [0.4, 0.5) is 0 Å². The molecule has 0 amide bonds. The van der Waals surface area contributed by atoms with Gasteiger partial charge in [-0.15, -0.1) is 0 Å². The van der Waals surface area contributed by atoms with E-state index in [4.69, 9.17) is 0 Å². The van der Waals surface area contributed by atoms with E-state index in [-0.39, 0.29) is 22.7 Å². The van der Waals surface area contributed by atoms with Crippen LogP contribution in [0.25, 0.3) is 5.69 Å². The molecule has 0 aliphatic heterocycles. The number of aromatic nitrogens is 4. The van der Waals surface area contributed by atoms with E-state index < -0.39 is 15.9 Å². The van der Waals surface area contributed by atoms with Crippen LogP contribution >= 0.6 is 0 Å². The van der Waals surface area contributed by atoms with Crippen LogP contribution in [0, 0.1) is 5.41 Å². The van der Waals surface area contributed by atoms with Crippen molar-refractivity contribution in [1.82, 2.24) is 20.2 Å². The topological polar surface area (TPSA) is 98.0 Å². The molecule has 1 saturated carbocycles. The summed E-state index contributed by atoms with van der Waals surface area (Å²) < 4.78 is 26.5. The van der Waals surface area contributed by atoms with Crippen LogP contribution in [0.15, 0.2) is 35.5 Å². The Morgan fingerprint density at radius 1 is 1.29 bits per heavy atom. The van der Waals surface area contributed by atoms with Crippen LogP contribution in [-0.2, 0) is 9.84 Å². The van der Waals surface area contributed by atoms with Gasteiger partial charge in [0.15, 0.2) is 0 Å². The fourth-order valence-corrected chi connectivity index (χ4v) is 4.60. The molecule has 3 rings (SSSR count). The molecule has 130 valence electrons.